The molecule has 0 bridgehead atoms. The molecule has 0 spiro atoms. The van der Waals surface area contributed by atoms with Crippen LogP contribution in [0.5, 0.6) is 0 Å². The van der Waals surface area contributed by atoms with Gasteiger partial charge >= 0.3 is 0 Å². The van der Waals surface area contributed by atoms with Crippen LogP contribution in [0.3, 0.4) is 0 Å². The fourth-order valence-corrected chi connectivity index (χ4v) is 5.46. The van der Waals surface area contributed by atoms with Gasteiger partial charge in [-0.2, -0.15) is 5.10 Å². The molecule has 1 aliphatic rings. The Morgan fingerprint density at radius 1 is 1.27 bits per heavy atom. The highest BCUT2D eigenvalue weighted by Crippen LogP contribution is 2.33. The van der Waals surface area contributed by atoms with Gasteiger partial charge in [-0.15, -0.1) is 21.5 Å². The van der Waals surface area contributed by atoms with E-state index in [2.05, 4.69) is 42.7 Å². The summed E-state index contributed by atoms with van der Waals surface area (Å²) in [6.45, 7) is 4.08. The minimum Gasteiger partial charge on any atom is -0.310 e. The Morgan fingerprint density at radius 2 is 2.10 bits per heavy atom. The molecule has 0 radical (unpaired) electrons. The Hall–Kier alpha value is -2.13. The van der Waals surface area contributed by atoms with Crippen molar-refractivity contribution in [1.82, 2.24) is 24.5 Å². The molecule has 3 aromatic rings. The van der Waals surface area contributed by atoms with Crippen LogP contribution in [-0.2, 0) is 11.2 Å². The average Bonchev–Trinajstić information content (AvgIpc) is 3.49. The number of carbonyl (C=O) groups is 1. The second kappa shape index (κ2) is 9.78. The molecule has 0 saturated heterocycles. The normalized spacial score (nSPS) is 15.0. The lowest BCUT2D eigenvalue weighted by molar-refractivity contribution is -0.113. The summed E-state index contributed by atoms with van der Waals surface area (Å²) in [7, 11) is 0. The quantitative estimate of drug-likeness (QED) is 0.498. The lowest BCUT2D eigenvalue weighted by atomic mass is 9.95. The first-order valence-electron chi connectivity index (χ1n) is 10.5. The molecule has 4 rings (SSSR count). The summed E-state index contributed by atoms with van der Waals surface area (Å²) in [5.74, 6) is 1.97. The van der Waals surface area contributed by atoms with Gasteiger partial charge in [-0.05, 0) is 38.1 Å². The van der Waals surface area contributed by atoms with Crippen LogP contribution in [0, 0.1) is 0 Å². The van der Waals surface area contributed by atoms with Gasteiger partial charge in [-0.3, -0.25) is 4.79 Å². The molecule has 7 nitrogen and oxygen atoms in total. The Labute approximate surface area is 185 Å². The van der Waals surface area contributed by atoms with Gasteiger partial charge in [0.15, 0.2) is 5.16 Å². The molecule has 1 N–H and O–H groups in total. The fourth-order valence-electron chi connectivity index (χ4n) is 3.94. The van der Waals surface area contributed by atoms with Crippen molar-refractivity contribution in [3.8, 4) is 0 Å². The Bertz CT molecular complexity index is 956. The SMILES string of the molecule is CC(C)n1nccc1NC(=O)CSc1nnc(Cc2cccs2)n1C1CCCCC1. The highest BCUT2D eigenvalue weighted by atomic mass is 32.2. The van der Waals surface area contributed by atoms with Crippen LogP contribution in [0.15, 0.2) is 34.9 Å². The number of hydrogen-bond donors (Lipinski definition) is 1. The minimum atomic E-state index is -0.0552. The van der Waals surface area contributed by atoms with Crippen molar-refractivity contribution in [2.45, 2.75) is 69.6 Å². The van der Waals surface area contributed by atoms with Gasteiger partial charge in [-0.25, -0.2) is 4.68 Å². The first-order valence-corrected chi connectivity index (χ1v) is 12.4. The van der Waals surface area contributed by atoms with Gasteiger partial charge < -0.3 is 9.88 Å². The van der Waals surface area contributed by atoms with E-state index in [0.717, 1.165) is 36.1 Å². The molecule has 1 amide bonds. The topological polar surface area (TPSA) is 77.6 Å². The van der Waals surface area contributed by atoms with Crippen molar-refractivity contribution >= 4 is 34.8 Å². The summed E-state index contributed by atoms with van der Waals surface area (Å²) in [6.07, 6.45) is 8.59. The van der Waals surface area contributed by atoms with Crippen molar-refractivity contribution in [3.05, 3.63) is 40.5 Å². The molecule has 1 saturated carbocycles. The predicted octanol–water partition coefficient (Wildman–Crippen LogP) is 4.94. The number of amides is 1. The van der Waals surface area contributed by atoms with E-state index in [9.17, 15) is 4.79 Å². The van der Waals surface area contributed by atoms with Gasteiger partial charge in [0.1, 0.15) is 11.6 Å². The largest absolute Gasteiger partial charge is 0.310 e. The van der Waals surface area contributed by atoms with Gasteiger partial charge in [0.05, 0.1) is 11.9 Å². The van der Waals surface area contributed by atoms with Crippen LogP contribution < -0.4 is 5.32 Å². The van der Waals surface area contributed by atoms with E-state index >= 15 is 0 Å². The molecule has 0 unspecified atom stereocenters. The van der Waals surface area contributed by atoms with Gasteiger partial charge in [0.25, 0.3) is 0 Å². The van der Waals surface area contributed by atoms with Gasteiger partial charge in [0, 0.05) is 29.4 Å². The monoisotopic (exact) mass is 444 g/mol. The maximum atomic E-state index is 12.6. The maximum absolute atomic E-state index is 12.6. The molecule has 0 aromatic carbocycles. The third-order valence-electron chi connectivity index (χ3n) is 5.35. The van der Waals surface area contributed by atoms with Crippen molar-refractivity contribution in [2.75, 3.05) is 11.1 Å². The molecule has 9 heteroatoms. The molecule has 3 aromatic heterocycles. The summed E-state index contributed by atoms with van der Waals surface area (Å²) in [6, 6.07) is 6.66. The summed E-state index contributed by atoms with van der Waals surface area (Å²) < 4.78 is 4.11. The first kappa shape index (κ1) is 21.1. The average molecular weight is 445 g/mol. The lowest BCUT2D eigenvalue weighted by Crippen LogP contribution is -2.20. The number of thioether (sulfide) groups is 1. The molecule has 0 aliphatic heterocycles. The van der Waals surface area contributed by atoms with E-state index in [0.29, 0.717) is 11.8 Å². The van der Waals surface area contributed by atoms with Crippen LogP contribution in [0.1, 0.15) is 68.7 Å². The van der Waals surface area contributed by atoms with Crippen LogP contribution in [0.2, 0.25) is 0 Å². The Kier molecular flexibility index (Phi) is 6.89. The molecule has 0 atom stereocenters. The predicted molar refractivity (Wildman–Crippen MR) is 121 cm³/mol. The number of carbonyl (C=O) groups excluding carboxylic acids is 1. The number of thiophene rings is 1. The molecule has 1 aliphatic carbocycles. The second-order valence-corrected chi connectivity index (χ2v) is 9.88. The van der Waals surface area contributed by atoms with E-state index in [1.807, 2.05) is 24.6 Å². The highest BCUT2D eigenvalue weighted by molar-refractivity contribution is 7.99. The Morgan fingerprint density at radius 3 is 2.83 bits per heavy atom. The molecule has 3 heterocycles. The number of anilines is 1. The van der Waals surface area contributed by atoms with Crippen LogP contribution in [0.25, 0.3) is 0 Å². The van der Waals surface area contributed by atoms with Crippen LogP contribution in [-0.4, -0.2) is 36.2 Å². The van der Waals surface area contributed by atoms with Crippen molar-refractivity contribution in [1.29, 1.82) is 0 Å². The van der Waals surface area contributed by atoms with E-state index in [1.54, 1.807) is 17.5 Å². The van der Waals surface area contributed by atoms with E-state index in [4.69, 9.17) is 0 Å². The third-order valence-corrected chi connectivity index (χ3v) is 7.17. The minimum absolute atomic E-state index is 0.0552. The zero-order chi connectivity index (χ0) is 20.9. The van der Waals surface area contributed by atoms with Gasteiger partial charge in [-0.1, -0.05) is 37.1 Å². The van der Waals surface area contributed by atoms with Crippen molar-refractivity contribution in [3.63, 3.8) is 0 Å². The Balaban J connectivity index is 1.46. The molecule has 1 fully saturated rings. The number of aromatic nitrogens is 5. The fraction of sp³-hybridized carbons (Fsp3) is 0.524. The molecule has 30 heavy (non-hydrogen) atoms. The molecular weight excluding hydrogens is 416 g/mol. The lowest BCUT2D eigenvalue weighted by Gasteiger charge is -2.25. The van der Waals surface area contributed by atoms with Crippen LogP contribution >= 0.6 is 23.1 Å². The number of rotatable bonds is 8. The highest BCUT2D eigenvalue weighted by Gasteiger charge is 2.24. The van der Waals surface area contributed by atoms with Crippen molar-refractivity contribution < 1.29 is 4.79 Å². The smallest absolute Gasteiger partial charge is 0.235 e. The van der Waals surface area contributed by atoms with E-state index in [-0.39, 0.29) is 11.9 Å². The standard InChI is InChI=1S/C21H28N6OS2/c1-15(2)27-18(10-11-22-27)23-20(28)14-30-21-25-24-19(13-17-9-6-12-29-17)26(21)16-7-4-3-5-8-16/h6,9-12,15-16H,3-5,7-8,13-14H2,1-2H3,(H,23,28). The van der Waals surface area contributed by atoms with E-state index in [1.165, 1.54) is 35.9 Å². The first-order chi connectivity index (χ1) is 14.6. The number of hydrogen-bond acceptors (Lipinski definition) is 6. The van der Waals surface area contributed by atoms with Crippen molar-refractivity contribution in [2.24, 2.45) is 0 Å². The van der Waals surface area contributed by atoms with Crippen LogP contribution in [0.4, 0.5) is 5.82 Å². The zero-order valence-corrected chi connectivity index (χ0v) is 19.1. The maximum Gasteiger partial charge on any atom is 0.235 e. The zero-order valence-electron chi connectivity index (χ0n) is 17.5. The summed E-state index contributed by atoms with van der Waals surface area (Å²) in [5, 5.41) is 19.2. The number of nitrogens with one attached hydrogen (secondary N) is 1. The third kappa shape index (κ3) is 4.95. The number of nitrogens with zero attached hydrogens (tertiary/aromatic N) is 5. The summed E-state index contributed by atoms with van der Waals surface area (Å²) >= 11 is 3.22. The van der Waals surface area contributed by atoms with Gasteiger partial charge in [0.2, 0.25) is 5.91 Å². The van der Waals surface area contributed by atoms with E-state index < -0.39 is 0 Å². The molecule has 160 valence electrons. The second-order valence-electron chi connectivity index (χ2n) is 7.91. The molecular formula is C21H28N6OS2. The summed E-state index contributed by atoms with van der Waals surface area (Å²) in [5.41, 5.74) is 0. The summed E-state index contributed by atoms with van der Waals surface area (Å²) in [4.78, 5) is 13.9.